The Labute approximate surface area is 151 Å². The molecule has 1 aromatic heterocycles. The number of hydrogen-bond donors (Lipinski definition) is 1. The summed E-state index contributed by atoms with van der Waals surface area (Å²) in [5, 5.41) is 0.692. The van der Waals surface area contributed by atoms with Crippen molar-refractivity contribution < 1.29 is 9.47 Å². The normalized spacial score (nSPS) is 15.6. The van der Waals surface area contributed by atoms with Gasteiger partial charge in [0.1, 0.15) is 18.2 Å². The maximum absolute atomic E-state index is 6.06. The summed E-state index contributed by atoms with van der Waals surface area (Å²) in [5.41, 5.74) is 2.77. The molecule has 0 radical (unpaired) electrons. The summed E-state index contributed by atoms with van der Waals surface area (Å²) < 4.78 is 11.4. The predicted octanol–water partition coefficient (Wildman–Crippen LogP) is 3.59. The van der Waals surface area contributed by atoms with Crippen LogP contribution in [0.25, 0.3) is 22.4 Å². The first-order valence-electron chi connectivity index (χ1n) is 8.47. The highest BCUT2D eigenvalue weighted by Gasteiger charge is 2.13. The number of benzene rings is 2. The van der Waals surface area contributed by atoms with Crippen molar-refractivity contribution in [2.75, 3.05) is 39.5 Å². The number of halogens is 1. The standard InChI is InChI=1S/C19H20ClN3O2/c20-14-5-6-16-17(13-14)22-19(21-16)15-3-1-2-4-18(15)25-12-9-23-7-10-24-11-8-23/h1-6,13H,7-12H2,(H,21,22). The zero-order valence-electron chi connectivity index (χ0n) is 13.9. The van der Waals surface area contributed by atoms with Gasteiger partial charge >= 0.3 is 0 Å². The lowest BCUT2D eigenvalue weighted by Gasteiger charge is -2.26. The predicted molar refractivity (Wildman–Crippen MR) is 99.3 cm³/mol. The summed E-state index contributed by atoms with van der Waals surface area (Å²) in [6, 6.07) is 13.6. The summed E-state index contributed by atoms with van der Waals surface area (Å²) in [6.45, 7) is 5.08. The number of morpholine rings is 1. The number of nitrogens with zero attached hydrogens (tertiary/aromatic N) is 2. The molecule has 0 bridgehead atoms. The number of hydrogen-bond acceptors (Lipinski definition) is 4. The third-order valence-electron chi connectivity index (χ3n) is 4.35. The van der Waals surface area contributed by atoms with Crippen LogP contribution < -0.4 is 4.74 Å². The van der Waals surface area contributed by atoms with Crippen molar-refractivity contribution in [2.45, 2.75) is 0 Å². The Kier molecular flexibility index (Phi) is 4.88. The maximum Gasteiger partial charge on any atom is 0.142 e. The van der Waals surface area contributed by atoms with E-state index in [4.69, 9.17) is 21.1 Å². The highest BCUT2D eigenvalue weighted by atomic mass is 35.5. The average molecular weight is 358 g/mol. The molecule has 0 aliphatic carbocycles. The fourth-order valence-corrected chi connectivity index (χ4v) is 3.18. The highest BCUT2D eigenvalue weighted by Crippen LogP contribution is 2.30. The molecule has 6 heteroatoms. The molecule has 2 heterocycles. The van der Waals surface area contributed by atoms with Gasteiger partial charge in [-0.3, -0.25) is 4.90 Å². The number of aromatic nitrogens is 2. The maximum atomic E-state index is 6.06. The van der Waals surface area contributed by atoms with Gasteiger partial charge in [-0.2, -0.15) is 0 Å². The Hall–Kier alpha value is -2.08. The quantitative estimate of drug-likeness (QED) is 0.758. The Balaban J connectivity index is 1.51. The molecule has 5 nitrogen and oxygen atoms in total. The van der Waals surface area contributed by atoms with E-state index in [-0.39, 0.29) is 0 Å². The lowest BCUT2D eigenvalue weighted by Crippen LogP contribution is -2.38. The third-order valence-corrected chi connectivity index (χ3v) is 4.59. The molecule has 25 heavy (non-hydrogen) atoms. The molecule has 1 saturated heterocycles. The van der Waals surface area contributed by atoms with Crippen molar-refractivity contribution in [1.29, 1.82) is 0 Å². The van der Waals surface area contributed by atoms with E-state index < -0.39 is 0 Å². The van der Waals surface area contributed by atoms with Gasteiger partial charge in [0, 0.05) is 24.7 Å². The van der Waals surface area contributed by atoms with Gasteiger partial charge in [-0.05, 0) is 30.3 Å². The number of nitrogens with one attached hydrogen (secondary N) is 1. The number of rotatable bonds is 5. The van der Waals surface area contributed by atoms with E-state index >= 15 is 0 Å². The summed E-state index contributed by atoms with van der Waals surface area (Å²) in [4.78, 5) is 10.3. The lowest BCUT2D eigenvalue weighted by molar-refractivity contribution is 0.0323. The van der Waals surface area contributed by atoms with E-state index in [1.807, 2.05) is 42.5 Å². The van der Waals surface area contributed by atoms with Crippen LogP contribution in [0, 0.1) is 0 Å². The lowest BCUT2D eigenvalue weighted by atomic mass is 10.2. The van der Waals surface area contributed by atoms with Crippen LogP contribution in [0.5, 0.6) is 5.75 Å². The summed E-state index contributed by atoms with van der Waals surface area (Å²) in [6.07, 6.45) is 0. The molecule has 0 atom stereocenters. The third kappa shape index (κ3) is 3.79. The van der Waals surface area contributed by atoms with Crippen LogP contribution >= 0.6 is 11.6 Å². The minimum Gasteiger partial charge on any atom is -0.491 e. The molecule has 130 valence electrons. The number of aromatic amines is 1. The fourth-order valence-electron chi connectivity index (χ4n) is 3.01. The second kappa shape index (κ2) is 7.44. The zero-order valence-corrected chi connectivity index (χ0v) is 14.6. The van der Waals surface area contributed by atoms with Crippen LogP contribution in [0.4, 0.5) is 0 Å². The van der Waals surface area contributed by atoms with Crippen molar-refractivity contribution in [3.05, 3.63) is 47.5 Å². The van der Waals surface area contributed by atoms with Crippen LogP contribution in [-0.2, 0) is 4.74 Å². The fraction of sp³-hybridized carbons (Fsp3) is 0.316. The van der Waals surface area contributed by atoms with Gasteiger partial charge in [0.15, 0.2) is 0 Å². The minimum atomic E-state index is 0.642. The van der Waals surface area contributed by atoms with Crippen molar-refractivity contribution >= 4 is 22.6 Å². The molecule has 0 saturated carbocycles. The molecular weight excluding hydrogens is 338 g/mol. The van der Waals surface area contributed by atoms with Gasteiger partial charge in [-0.25, -0.2) is 4.98 Å². The van der Waals surface area contributed by atoms with Gasteiger partial charge < -0.3 is 14.5 Å². The average Bonchev–Trinajstić information content (AvgIpc) is 3.06. The Morgan fingerprint density at radius 2 is 2.00 bits per heavy atom. The van der Waals surface area contributed by atoms with E-state index in [9.17, 15) is 0 Å². The second-order valence-electron chi connectivity index (χ2n) is 6.05. The molecule has 1 N–H and O–H groups in total. The van der Waals surface area contributed by atoms with Gasteiger partial charge in [-0.15, -0.1) is 0 Å². The number of fused-ring (bicyclic) bond motifs is 1. The summed E-state index contributed by atoms with van der Waals surface area (Å²) in [5.74, 6) is 1.63. The van der Waals surface area contributed by atoms with E-state index in [0.29, 0.717) is 11.6 Å². The van der Waals surface area contributed by atoms with Crippen LogP contribution in [0.3, 0.4) is 0 Å². The first-order chi connectivity index (χ1) is 12.3. The van der Waals surface area contributed by atoms with Crippen molar-refractivity contribution in [1.82, 2.24) is 14.9 Å². The molecular formula is C19H20ClN3O2. The van der Waals surface area contributed by atoms with E-state index in [1.54, 1.807) is 0 Å². The molecule has 0 unspecified atom stereocenters. The highest BCUT2D eigenvalue weighted by molar-refractivity contribution is 6.31. The molecule has 1 aliphatic heterocycles. The van der Waals surface area contributed by atoms with Crippen molar-refractivity contribution in [2.24, 2.45) is 0 Å². The monoisotopic (exact) mass is 357 g/mol. The van der Waals surface area contributed by atoms with Crippen molar-refractivity contribution in [3.8, 4) is 17.1 Å². The molecule has 1 fully saturated rings. The Morgan fingerprint density at radius 3 is 2.88 bits per heavy atom. The molecule has 1 aliphatic rings. The van der Waals surface area contributed by atoms with E-state index in [0.717, 1.165) is 61.0 Å². The van der Waals surface area contributed by atoms with E-state index in [2.05, 4.69) is 14.9 Å². The Morgan fingerprint density at radius 1 is 1.16 bits per heavy atom. The van der Waals surface area contributed by atoms with Gasteiger partial charge in [0.25, 0.3) is 0 Å². The zero-order chi connectivity index (χ0) is 17.1. The van der Waals surface area contributed by atoms with Gasteiger partial charge in [0.2, 0.25) is 0 Å². The molecule has 0 amide bonds. The summed E-state index contributed by atoms with van der Waals surface area (Å²) in [7, 11) is 0. The van der Waals surface area contributed by atoms with Gasteiger partial charge in [0.05, 0.1) is 29.8 Å². The minimum absolute atomic E-state index is 0.642. The second-order valence-corrected chi connectivity index (χ2v) is 6.48. The Bertz CT molecular complexity index is 859. The molecule has 3 aromatic rings. The largest absolute Gasteiger partial charge is 0.491 e. The number of para-hydroxylation sites is 1. The number of ether oxygens (including phenoxy) is 2. The van der Waals surface area contributed by atoms with Crippen LogP contribution in [-0.4, -0.2) is 54.3 Å². The SMILES string of the molecule is Clc1ccc2nc(-c3ccccc3OCCN3CCOCC3)[nH]c2c1. The topological polar surface area (TPSA) is 50.4 Å². The van der Waals surface area contributed by atoms with Crippen LogP contribution in [0.15, 0.2) is 42.5 Å². The number of imidazole rings is 1. The molecule has 0 spiro atoms. The van der Waals surface area contributed by atoms with Crippen molar-refractivity contribution in [3.63, 3.8) is 0 Å². The first kappa shape index (κ1) is 16.4. The van der Waals surface area contributed by atoms with E-state index in [1.165, 1.54) is 0 Å². The van der Waals surface area contributed by atoms with Gasteiger partial charge in [-0.1, -0.05) is 23.7 Å². The smallest absolute Gasteiger partial charge is 0.142 e. The number of H-pyrrole nitrogens is 1. The first-order valence-corrected chi connectivity index (χ1v) is 8.85. The van der Waals surface area contributed by atoms with Crippen LogP contribution in [0.2, 0.25) is 5.02 Å². The molecule has 4 rings (SSSR count). The van der Waals surface area contributed by atoms with Crippen LogP contribution in [0.1, 0.15) is 0 Å². The summed E-state index contributed by atoms with van der Waals surface area (Å²) >= 11 is 6.06. The molecule has 2 aromatic carbocycles.